The standard InChI is InChI=1S/C24H27N3O3S/c1-17-18(2)30-26-23(17)25-24(28)27-10-6-19(7-11-27)14-21-4-3-5-22(15-21)29-12-8-20-9-13-31-16-20/h3-5,9,13-16H,6-8,10-12H2,1-2H3,(H,25,26,28). The maximum Gasteiger partial charge on any atom is 0.323 e. The Balaban J connectivity index is 1.28. The van der Waals surface area contributed by atoms with Gasteiger partial charge in [-0.2, -0.15) is 11.3 Å². The maximum atomic E-state index is 12.5. The highest BCUT2D eigenvalue weighted by Gasteiger charge is 2.21. The minimum Gasteiger partial charge on any atom is -0.493 e. The van der Waals surface area contributed by atoms with Crippen LogP contribution in [0.15, 0.2) is 51.2 Å². The predicted molar refractivity (Wildman–Crippen MR) is 124 cm³/mol. The number of hydrogen-bond acceptors (Lipinski definition) is 5. The minimum atomic E-state index is -0.128. The molecule has 0 radical (unpaired) electrons. The zero-order valence-corrected chi connectivity index (χ0v) is 18.7. The number of ether oxygens (including phenoxy) is 1. The molecule has 1 fully saturated rings. The summed E-state index contributed by atoms with van der Waals surface area (Å²) < 4.78 is 11.0. The number of hydrogen-bond donors (Lipinski definition) is 1. The molecule has 162 valence electrons. The highest BCUT2D eigenvalue weighted by atomic mass is 32.1. The summed E-state index contributed by atoms with van der Waals surface area (Å²) in [6, 6.07) is 10.2. The molecule has 31 heavy (non-hydrogen) atoms. The topological polar surface area (TPSA) is 67.6 Å². The molecule has 2 amide bonds. The van der Waals surface area contributed by atoms with Crippen molar-refractivity contribution >= 4 is 29.3 Å². The summed E-state index contributed by atoms with van der Waals surface area (Å²) in [5.74, 6) is 2.11. The average Bonchev–Trinajstić information content (AvgIpc) is 3.40. The molecular weight excluding hydrogens is 410 g/mol. The first-order valence-electron chi connectivity index (χ1n) is 10.5. The SMILES string of the molecule is Cc1onc(NC(=O)N2CCC(=Cc3cccc(OCCc4ccsc4)c3)CC2)c1C. The molecule has 0 atom stereocenters. The van der Waals surface area contributed by atoms with Crippen LogP contribution in [0, 0.1) is 13.8 Å². The fourth-order valence-corrected chi connectivity index (χ4v) is 4.21. The highest BCUT2D eigenvalue weighted by Crippen LogP contribution is 2.23. The van der Waals surface area contributed by atoms with Crippen molar-refractivity contribution in [3.05, 3.63) is 69.1 Å². The smallest absolute Gasteiger partial charge is 0.323 e. The lowest BCUT2D eigenvalue weighted by Gasteiger charge is -2.28. The van der Waals surface area contributed by atoms with Crippen LogP contribution in [0.4, 0.5) is 10.6 Å². The van der Waals surface area contributed by atoms with E-state index in [1.54, 1.807) is 11.3 Å². The molecule has 0 unspecified atom stereocenters. The second-order valence-corrected chi connectivity index (χ2v) is 8.51. The third-order valence-corrected chi connectivity index (χ3v) is 6.28. The molecule has 1 aliphatic rings. The molecule has 1 aliphatic heterocycles. The quantitative estimate of drug-likeness (QED) is 0.538. The number of piperidine rings is 1. The highest BCUT2D eigenvalue weighted by molar-refractivity contribution is 7.07. The molecule has 3 aromatic rings. The van der Waals surface area contributed by atoms with Crippen LogP contribution in [0.1, 0.15) is 35.3 Å². The minimum absolute atomic E-state index is 0.128. The van der Waals surface area contributed by atoms with E-state index >= 15 is 0 Å². The summed E-state index contributed by atoms with van der Waals surface area (Å²) in [7, 11) is 0. The number of amides is 2. The maximum absolute atomic E-state index is 12.5. The number of nitrogens with one attached hydrogen (secondary N) is 1. The Morgan fingerprint density at radius 3 is 2.84 bits per heavy atom. The molecule has 0 aliphatic carbocycles. The number of carbonyl (C=O) groups is 1. The number of benzene rings is 1. The number of aryl methyl sites for hydroxylation is 1. The fourth-order valence-electron chi connectivity index (χ4n) is 3.51. The normalized spacial score (nSPS) is 13.9. The molecule has 7 heteroatoms. The van der Waals surface area contributed by atoms with Crippen LogP contribution in [0.3, 0.4) is 0 Å². The Hall–Kier alpha value is -3.06. The summed E-state index contributed by atoms with van der Waals surface area (Å²) >= 11 is 1.71. The average molecular weight is 438 g/mol. The van der Waals surface area contributed by atoms with E-state index in [9.17, 15) is 4.79 Å². The summed E-state index contributed by atoms with van der Waals surface area (Å²) in [6.45, 7) is 5.76. The van der Waals surface area contributed by atoms with E-state index in [4.69, 9.17) is 9.26 Å². The van der Waals surface area contributed by atoms with Crippen molar-refractivity contribution in [2.45, 2.75) is 33.1 Å². The summed E-state index contributed by atoms with van der Waals surface area (Å²) in [5, 5.41) is 11.0. The number of aromatic nitrogens is 1. The van der Waals surface area contributed by atoms with E-state index in [2.05, 4.69) is 45.5 Å². The molecule has 0 spiro atoms. The van der Waals surface area contributed by atoms with E-state index in [1.165, 1.54) is 11.1 Å². The predicted octanol–water partition coefficient (Wildman–Crippen LogP) is 5.69. The molecule has 6 nitrogen and oxygen atoms in total. The molecule has 4 rings (SSSR count). The van der Waals surface area contributed by atoms with Crippen molar-refractivity contribution in [1.82, 2.24) is 10.1 Å². The molecule has 1 N–H and O–H groups in total. The first kappa shape index (κ1) is 21.2. The van der Waals surface area contributed by atoms with Crippen LogP contribution >= 0.6 is 11.3 Å². The van der Waals surface area contributed by atoms with Gasteiger partial charge in [0.05, 0.1) is 6.61 Å². The number of likely N-dealkylation sites (tertiary alicyclic amines) is 1. The zero-order chi connectivity index (χ0) is 21.6. The third-order valence-electron chi connectivity index (χ3n) is 5.54. The summed E-state index contributed by atoms with van der Waals surface area (Å²) in [4.78, 5) is 14.3. The Labute approximate surface area is 186 Å². The molecule has 0 bridgehead atoms. The number of urea groups is 1. The number of carbonyl (C=O) groups excluding carboxylic acids is 1. The lowest BCUT2D eigenvalue weighted by molar-refractivity contribution is 0.207. The second kappa shape index (κ2) is 9.83. The third kappa shape index (κ3) is 5.55. The van der Waals surface area contributed by atoms with E-state index in [1.807, 2.05) is 30.9 Å². The van der Waals surface area contributed by atoms with Gasteiger partial charge in [-0.15, -0.1) is 0 Å². The van der Waals surface area contributed by atoms with Gasteiger partial charge in [0.25, 0.3) is 0 Å². The molecule has 1 aromatic carbocycles. The molecule has 0 saturated carbocycles. The van der Waals surface area contributed by atoms with Gasteiger partial charge in [0, 0.05) is 25.1 Å². The van der Waals surface area contributed by atoms with Gasteiger partial charge in [0.1, 0.15) is 11.5 Å². The van der Waals surface area contributed by atoms with Crippen molar-refractivity contribution in [3.8, 4) is 5.75 Å². The van der Waals surface area contributed by atoms with Gasteiger partial charge in [-0.25, -0.2) is 4.79 Å². The molecule has 1 saturated heterocycles. The van der Waals surface area contributed by atoms with E-state index in [0.29, 0.717) is 25.5 Å². The van der Waals surface area contributed by atoms with Crippen LogP contribution in [0.25, 0.3) is 6.08 Å². The lowest BCUT2D eigenvalue weighted by Crippen LogP contribution is -2.39. The lowest BCUT2D eigenvalue weighted by atomic mass is 10.0. The molecule has 3 heterocycles. The fraction of sp³-hybridized carbons (Fsp3) is 0.333. The monoisotopic (exact) mass is 437 g/mol. The molecular formula is C24H27N3O3S. The summed E-state index contributed by atoms with van der Waals surface area (Å²) in [6.07, 6.45) is 4.84. The Kier molecular flexibility index (Phi) is 6.72. The number of anilines is 1. The van der Waals surface area contributed by atoms with Crippen molar-refractivity contribution in [1.29, 1.82) is 0 Å². The second-order valence-electron chi connectivity index (χ2n) is 7.73. The molecule has 2 aromatic heterocycles. The van der Waals surface area contributed by atoms with E-state index < -0.39 is 0 Å². The van der Waals surface area contributed by atoms with E-state index in [0.717, 1.165) is 41.9 Å². The van der Waals surface area contributed by atoms with Gasteiger partial charge in [-0.05, 0) is 66.8 Å². The van der Waals surface area contributed by atoms with Gasteiger partial charge < -0.3 is 14.2 Å². The van der Waals surface area contributed by atoms with Crippen LogP contribution in [0.2, 0.25) is 0 Å². The van der Waals surface area contributed by atoms with Crippen LogP contribution in [-0.4, -0.2) is 35.8 Å². The zero-order valence-electron chi connectivity index (χ0n) is 17.9. The number of nitrogens with zero attached hydrogens (tertiary/aromatic N) is 2. The largest absolute Gasteiger partial charge is 0.493 e. The number of rotatable bonds is 6. The van der Waals surface area contributed by atoms with Crippen molar-refractivity contribution in [2.24, 2.45) is 0 Å². The Morgan fingerprint density at radius 2 is 2.13 bits per heavy atom. The van der Waals surface area contributed by atoms with Gasteiger partial charge in [-0.1, -0.05) is 28.9 Å². The Bertz CT molecular complexity index is 1050. The first-order chi connectivity index (χ1) is 15.1. The Morgan fingerprint density at radius 1 is 1.29 bits per heavy atom. The van der Waals surface area contributed by atoms with Crippen LogP contribution in [0.5, 0.6) is 5.75 Å². The van der Waals surface area contributed by atoms with Crippen molar-refractivity contribution < 1.29 is 14.1 Å². The van der Waals surface area contributed by atoms with E-state index in [-0.39, 0.29) is 6.03 Å². The van der Waals surface area contributed by atoms with Gasteiger partial charge in [0.2, 0.25) is 0 Å². The van der Waals surface area contributed by atoms with Gasteiger partial charge in [0.15, 0.2) is 5.82 Å². The van der Waals surface area contributed by atoms with Crippen molar-refractivity contribution in [3.63, 3.8) is 0 Å². The van der Waals surface area contributed by atoms with Crippen molar-refractivity contribution in [2.75, 3.05) is 25.0 Å². The van der Waals surface area contributed by atoms with Crippen LogP contribution in [-0.2, 0) is 6.42 Å². The summed E-state index contributed by atoms with van der Waals surface area (Å²) in [5.41, 5.74) is 4.65. The number of thiophene rings is 1. The van der Waals surface area contributed by atoms with Gasteiger partial charge >= 0.3 is 6.03 Å². The first-order valence-corrected chi connectivity index (χ1v) is 11.4. The van der Waals surface area contributed by atoms with Crippen LogP contribution < -0.4 is 10.1 Å². The van der Waals surface area contributed by atoms with Gasteiger partial charge in [-0.3, -0.25) is 5.32 Å².